The topological polar surface area (TPSA) is 115 Å². The van der Waals surface area contributed by atoms with Gasteiger partial charge in [0, 0.05) is 18.3 Å². The van der Waals surface area contributed by atoms with Gasteiger partial charge < -0.3 is 0 Å². The highest BCUT2D eigenvalue weighted by atomic mass is 35.5. The molecule has 1 aromatic carbocycles. The zero-order chi connectivity index (χ0) is 15.6. The predicted molar refractivity (Wildman–Crippen MR) is 70.9 cm³/mol. The molecule has 2 aromatic rings. The van der Waals surface area contributed by atoms with Crippen molar-refractivity contribution >= 4 is 33.3 Å². The Labute approximate surface area is 122 Å². The molecule has 1 heterocycles. The summed E-state index contributed by atoms with van der Waals surface area (Å²) < 4.78 is 39.5. The van der Waals surface area contributed by atoms with E-state index in [0.717, 1.165) is 6.07 Å². The second-order valence-electron chi connectivity index (χ2n) is 3.68. The second kappa shape index (κ2) is 5.58. The third-order valence-corrected chi connectivity index (χ3v) is 3.82. The number of benzene rings is 1. The lowest BCUT2D eigenvalue weighted by Gasteiger charge is -2.07. The maximum atomic E-state index is 13.6. The van der Waals surface area contributed by atoms with Crippen LogP contribution in [-0.2, 0) is 10.0 Å². The Morgan fingerprint density at radius 2 is 2.05 bits per heavy atom. The minimum absolute atomic E-state index is 0.0257. The van der Waals surface area contributed by atoms with Gasteiger partial charge in [-0.05, 0) is 12.1 Å². The van der Waals surface area contributed by atoms with Crippen LogP contribution in [0, 0.1) is 15.9 Å². The highest BCUT2D eigenvalue weighted by molar-refractivity contribution is 7.92. The fraction of sp³-hybridized carbons (Fsp3) is 0. The summed E-state index contributed by atoms with van der Waals surface area (Å²) in [7, 11) is -4.43. The third kappa shape index (κ3) is 3.41. The van der Waals surface area contributed by atoms with Gasteiger partial charge >= 0.3 is 0 Å². The first-order valence-corrected chi connectivity index (χ1v) is 7.11. The summed E-state index contributed by atoms with van der Waals surface area (Å²) in [5.41, 5.74) is -0.566. The van der Waals surface area contributed by atoms with E-state index in [1.807, 2.05) is 4.72 Å². The van der Waals surface area contributed by atoms with E-state index in [-0.39, 0.29) is 11.1 Å². The number of anilines is 1. The smallest absolute Gasteiger partial charge is 0.258 e. The summed E-state index contributed by atoms with van der Waals surface area (Å²) in [6.45, 7) is 0. The van der Waals surface area contributed by atoms with Gasteiger partial charge in [-0.15, -0.1) is 0 Å². The number of nitro benzene ring substituents is 1. The van der Waals surface area contributed by atoms with E-state index in [2.05, 4.69) is 9.97 Å². The summed E-state index contributed by atoms with van der Waals surface area (Å²) in [5.74, 6) is -1.52. The van der Waals surface area contributed by atoms with Crippen molar-refractivity contribution in [1.82, 2.24) is 9.97 Å². The Balaban J connectivity index is 2.44. The molecule has 0 spiro atoms. The van der Waals surface area contributed by atoms with Crippen molar-refractivity contribution in [3.63, 3.8) is 0 Å². The van der Waals surface area contributed by atoms with E-state index < -0.39 is 31.3 Å². The second-order valence-corrected chi connectivity index (χ2v) is 5.72. The molecule has 1 aromatic heterocycles. The lowest BCUT2D eigenvalue weighted by atomic mass is 10.3. The molecule has 0 bridgehead atoms. The number of non-ortho nitro benzene ring substituents is 1. The van der Waals surface area contributed by atoms with Gasteiger partial charge in [0.05, 0.1) is 4.92 Å². The molecule has 8 nitrogen and oxygen atoms in total. The highest BCUT2D eigenvalue weighted by Gasteiger charge is 2.23. The summed E-state index contributed by atoms with van der Waals surface area (Å²) >= 11 is 5.57. The molecule has 11 heteroatoms. The molecule has 21 heavy (non-hydrogen) atoms. The molecule has 110 valence electrons. The summed E-state index contributed by atoms with van der Waals surface area (Å²) in [6, 6.07) is 3.45. The first kappa shape index (κ1) is 15.1. The minimum atomic E-state index is -4.43. The molecule has 0 aliphatic rings. The normalized spacial score (nSPS) is 11.1. The monoisotopic (exact) mass is 332 g/mol. The van der Waals surface area contributed by atoms with Crippen LogP contribution in [0.25, 0.3) is 0 Å². The zero-order valence-electron chi connectivity index (χ0n) is 10.0. The van der Waals surface area contributed by atoms with Crippen molar-refractivity contribution < 1.29 is 17.7 Å². The Morgan fingerprint density at radius 3 is 2.67 bits per heavy atom. The Hall–Kier alpha value is -2.33. The number of nitrogens with one attached hydrogen (secondary N) is 1. The number of halogens is 2. The van der Waals surface area contributed by atoms with Crippen LogP contribution in [0.4, 0.5) is 16.0 Å². The number of aromatic nitrogens is 2. The van der Waals surface area contributed by atoms with Crippen molar-refractivity contribution in [3.8, 4) is 0 Å². The lowest BCUT2D eigenvalue weighted by Crippen LogP contribution is -2.16. The number of rotatable bonds is 4. The fourth-order valence-corrected chi connectivity index (χ4v) is 2.56. The molecule has 0 amide bonds. The Kier molecular flexibility index (Phi) is 4.00. The molecule has 2 rings (SSSR count). The maximum Gasteiger partial charge on any atom is 0.271 e. The Morgan fingerprint density at radius 1 is 1.33 bits per heavy atom. The van der Waals surface area contributed by atoms with Crippen LogP contribution in [0.3, 0.4) is 0 Å². The van der Waals surface area contributed by atoms with Gasteiger partial charge in [0.1, 0.15) is 15.9 Å². The number of nitrogens with zero attached hydrogens (tertiary/aromatic N) is 3. The van der Waals surface area contributed by atoms with Crippen molar-refractivity contribution in [2.24, 2.45) is 0 Å². The van der Waals surface area contributed by atoms with E-state index >= 15 is 0 Å². The van der Waals surface area contributed by atoms with Crippen molar-refractivity contribution in [3.05, 3.63) is 51.5 Å². The van der Waals surface area contributed by atoms with Crippen molar-refractivity contribution in [2.75, 3.05) is 4.72 Å². The van der Waals surface area contributed by atoms with Crippen molar-refractivity contribution in [1.29, 1.82) is 0 Å². The van der Waals surface area contributed by atoms with Crippen LogP contribution in [0.15, 0.2) is 35.4 Å². The zero-order valence-corrected chi connectivity index (χ0v) is 11.6. The van der Waals surface area contributed by atoms with Crippen LogP contribution >= 0.6 is 11.6 Å². The Bertz CT molecular complexity index is 814. The molecular formula is C10H6ClFN4O4S. The molecule has 0 radical (unpaired) electrons. The first-order chi connectivity index (χ1) is 9.79. The van der Waals surface area contributed by atoms with E-state index in [1.54, 1.807) is 0 Å². The lowest BCUT2D eigenvalue weighted by molar-refractivity contribution is -0.385. The van der Waals surface area contributed by atoms with Crippen LogP contribution in [-0.4, -0.2) is 23.3 Å². The van der Waals surface area contributed by atoms with Gasteiger partial charge in [0.25, 0.3) is 15.7 Å². The summed E-state index contributed by atoms with van der Waals surface area (Å²) in [4.78, 5) is 16.1. The molecule has 0 aliphatic carbocycles. The number of hydrogen-bond acceptors (Lipinski definition) is 6. The van der Waals surface area contributed by atoms with E-state index in [4.69, 9.17) is 11.6 Å². The van der Waals surface area contributed by atoms with Gasteiger partial charge in [0.2, 0.25) is 5.95 Å². The van der Waals surface area contributed by atoms with Crippen molar-refractivity contribution in [2.45, 2.75) is 4.90 Å². The largest absolute Gasteiger partial charge is 0.271 e. The van der Waals surface area contributed by atoms with E-state index in [1.165, 1.54) is 12.3 Å². The average molecular weight is 333 g/mol. The average Bonchev–Trinajstić information content (AvgIpc) is 2.38. The van der Waals surface area contributed by atoms with E-state index in [9.17, 15) is 22.9 Å². The molecule has 0 aliphatic heterocycles. The SMILES string of the molecule is O=[N+]([O-])c1ccc(F)c(S(=O)(=O)Nc2nccc(Cl)n2)c1. The minimum Gasteiger partial charge on any atom is -0.258 e. The predicted octanol–water partition coefficient (Wildman–Crippen LogP) is 1.98. The molecule has 0 saturated heterocycles. The number of hydrogen-bond donors (Lipinski definition) is 1. The van der Waals surface area contributed by atoms with E-state index in [0.29, 0.717) is 12.1 Å². The molecular weight excluding hydrogens is 327 g/mol. The quantitative estimate of drug-likeness (QED) is 0.520. The van der Waals surface area contributed by atoms with Gasteiger partial charge in [-0.1, -0.05) is 11.6 Å². The van der Waals surface area contributed by atoms with Crippen LogP contribution in [0.1, 0.15) is 0 Å². The van der Waals surface area contributed by atoms with Gasteiger partial charge in [-0.2, -0.15) is 0 Å². The first-order valence-electron chi connectivity index (χ1n) is 5.25. The molecule has 0 saturated carbocycles. The highest BCUT2D eigenvalue weighted by Crippen LogP contribution is 2.22. The third-order valence-electron chi connectivity index (χ3n) is 2.26. The van der Waals surface area contributed by atoms with Crippen LogP contribution < -0.4 is 4.72 Å². The fourth-order valence-electron chi connectivity index (χ4n) is 1.37. The maximum absolute atomic E-state index is 13.6. The van der Waals surface area contributed by atoms with Gasteiger partial charge in [-0.25, -0.2) is 27.5 Å². The molecule has 0 fully saturated rings. The van der Waals surface area contributed by atoms with Gasteiger partial charge in [0.15, 0.2) is 0 Å². The summed E-state index contributed by atoms with van der Waals surface area (Å²) in [6.07, 6.45) is 1.19. The number of nitro groups is 1. The summed E-state index contributed by atoms with van der Waals surface area (Å²) in [5, 5.41) is 10.6. The number of sulfonamides is 1. The van der Waals surface area contributed by atoms with Crippen LogP contribution in [0.5, 0.6) is 0 Å². The molecule has 1 N–H and O–H groups in total. The molecule has 0 atom stereocenters. The molecule has 0 unspecified atom stereocenters. The standard InChI is InChI=1S/C10H6ClFN4O4S/c11-9-3-4-13-10(14-9)15-21(19,20)8-5-6(16(17)18)1-2-7(8)12/h1-5H,(H,13,14,15). The van der Waals surface area contributed by atoms with Crippen LogP contribution in [0.2, 0.25) is 5.15 Å². The van der Waals surface area contributed by atoms with Gasteiger partial charge in [-0.3, -0.25) is 10.1 Å².